The Hall–Kier alpha value is -2.31. The molecule has 0 aliphatic carbocycles. The molecule has 0 unspecified atom stereocenters. The van der Waals surface area contributed by atoms with Gasteiger partial charge in [0.1, 0.15) is 6.54 Å². The van der Waals surface area contributed by atoms with Gasteiger partial charge in [-0.3, -0.25) is 4.79 Å². The van der Waals surface area contributed by atoms with E-state index in [0.29, 0.717) is 0 Å². The summed E-state index contributed by atoms with van der Waals surface area (Å²) in [6.07, 6.45) is -3.16. The second-order valence-electron chi connectivity index (χ2n) is 4.10. The van der Waals surface area contributed by atoms with E-state index in [1.54, 1.807) is 12.1 Å². The van der Waals surface area contributed by atoms with Crippen molar-refractivity contribution >= 4 is 16.9 Å². The minimum Gasteiger partial charge on any atom is -0.351 e. The number of nitrogens with one attached hydrogen (secondary N) is 1. The van der Waals surface area contributed by atoms with Crippen LogP contribution in [0.2, 0.25) is 0 Å². The maximum absolute atomic E-state index is 13.0. The molecule has 0 atom stereocenters. The minimum absolute atomic E-state index is 0.201. The van der Waals surface area contributed by atoms with Gasteiger partial charge in [0, 0.05) is 6.54 Å². The number of aromatic nitrogens is 2. The molecule has 1 aromatic carbocycles. The first-order valence-electron chi connectivity index (χ1n) is 5.83. The van der Waals surface area contributed by atoms with Crippen LogP contribution in [0.1, 0.15) is 5.82 Å². The molecule has 0 saturated heterocycles. The summed E-state index contributed by atoms with van der Waals surface area (Å²) >= 11 is 0. The number of carbonyl (C=O) groups excluding carboxylic acids is 1. The number of amides is 1. The Labute approximate surface area is 112 Å². The standard InChI is InChI=1S/C13H12F3N3O/c1-2-7-17-11(20)8-19-10-6-4-3-5-9(10)18-12(19)13(14,15)16/h2-6H,1,7-8H2,(H,17,20). The van der Waals surface area contributed by atoms with Crippen molar-refractivity contribution in [2.45, 2.75) is 12.7 Å². The molecule has 1 N–H and O–H groups in total. The molecular weight excluding hydrogens is 271 g/mol. The van der Waals surface area contributed by atoms with Crippen molar-refractivity contribution in [1.82, 2.24) is 14.9 Å². The highest BCUT2D eigenvalue weighted by Gasteiger charge is 2.37. The molecule has 2 aromatic rings. The number of carbonyl (C=O) groups is 1. The van der Waals surface area contributed by atoms with Gasteiger partial charge in [0.2, 0.25) is 11.7 Å². The number of nitrogens with zero attached hydrogens (tertiary/aromatic N) is 2. The number of benzene rings is 1. The highest BCUT2D eigenvalue weighted by Crippen LogP contribution is 2.31. The first-order chi connectivity index (χ1) is 9.43. The van der Waals surface area contributed by atoms with Crippen molar-refractivity contribution in [3.8, 4) is 0 Å². The fraction of sp³-hybridized carbons (Fsp3) is 0.231. The summed E-state index contributed by atoms with van der Waals surface area (Å²) in [7, 11) is 0. The zero-order valence-corrected chi connectivity index (χ0v) is 10.4. The van der Waals surface area contributed by atoms with Crippen molar-refractivity contribution in [1.29, 1.82) is 0 Å². The van der Waals surface area contributed by atoms with Crippen LogP contribution in [0, 0.1) is 0 Å². The molecule has 106 valence electrons. The third kappa shape index (κ3) is 2.81. The van der Waals surface area contributed by atoms with Gasteiger partial charge in [0.05, 0.1) is 11.0 Å². The Kier molecular flexibility index (Phi) is 3.78. The van der Waals surface area contributed by atoms with E-state index < -0.39 is 24.5 Å². The predicted octanol–water partition coefficient (Wildman–Crippen LogP) is 2.36. The summed E-state index contributed by atoms with van der Waals surface area (Å²) in [6, 6.07) is 6.17. The molecule has 0 saturated carbocycles. The van der Waals surface area contributed by atoms with Gasteiger partial charge in [-0.2, -0.15) is 13.2 Å². The van der Waals surface area contributed by atoms with Gasteiger partial charge >= 0.3 is 6.18 Å². The average molecular weight is 283 g/mol. The van der Waals surface area contributed by atoms with Gasteiger partial charge in [-0.25, -0.2) is 4.98 Å². The third-order valence-corrected chi connectivity index (χ3v) is 2.65. The molecule has 0 radical (unpaired) electrons. The number of fused-ring (bicyclic) bond motifs is 1. The highest BCUT2D eigenvalue weighted by atomic mass is 19.4. The molecule has 1 heterocycles. The van der Waals surface area contributed by atoms with Crippen LogP contribution in [0.5, 0.6) is 0 Å². The van der Waals surface area contributed by atoms with E-state index in [9.17, 15) is 18.0 Å². The summed E-state index contributed by atoms with van der Waals surface area (Å²) in [5.74, 6) is -1.61. The first-order valence-corrected chi connectivity index (χ1v) is 5.83. The van der Waals surface area contributed by atoms with Crippen LogP contribution in [0.25, 0.3) is 11.0 Å². The van der Waals surface area contributed by atoms with Crippen LogP contribution in [0.4, 0.5) is 13.2 Å². The molecule has 4 nitrogen and oxygen atoms in total. The first kappa shape index (κ1) is 14.1. The zero-order chi connectivity index (χ0) is 14.8. The summed E-state index contributed by atoms with van der Waals surface area (Å²) in [4.78, 5) is 15.2. The smallest absolute Gasteiger partial charge is 0.351 e. The molecule has 0 bridgehead atoms. The number of alkyl halides is 3. The van der Waals surface area contributed by atoms with Gasteiger partial charge in [-0.15, -0.1) is 6.58 Å². The summed E-state index contributed by atoms with van der Waals surface area (Å²) in [5.41, 5.74) is 0.477. The number of imidazole rings is 1. The normalized spacial score (nSPS) is 11.6. The van der Waals surface area contributed by atoms with Crippen molar-refractivity contribution in [3.05, 3.63) is 42.7 Å². The van der Waals surface area contributed by atoms with Gasteiger partial charge in [-0.05, 0) is 12.1 Å². The Balaban J connectivity index is 2.43. The zero-order valence-electron chi connectivity index (χ0n) is 10.4. The number of para-hydroxylation sites is 2. The molecule has 1 amide bonds. The molecular formula is C13H12F3N3O. The van der Waals surface area contributed by atoms with Crippen LogP contribution < -0.4 is 5.32 Å². The molecule has 2 rings (SSSR count). The molecule has 0 spiro atoms. The molecule has 20 heavy (non-hydrogen) atoms. The van der Waals surface area contributed by atoms with E-state index in [1.165, 1.54) is 18.2 Å². The molecule has 0 aliphatic heterocycles. The number of hydrogen-bond donors (Lipinski definition) is 1. The third-order valence-electron chi connectivity index (χ3n) is 2.65. The molecule has 7 heteroatoms. The van der Waals surface area contributed by atoms with E-state index in [1.807, 2.05) is 0 Å². The van der Waals surface area contributed by atoms with Crippen LogP contribution in [-0.4, -0.2) is 22.0 Å². The summed E-state index contributed by atoms with van der Waals surface area (Å²) < 4.78 is 39.7. The number of rotatable bonds is 4. The van der Waals surface area contributed by atoms with Crippen LogP contribution in [0.3, 0.4) is 0 Å². The lowest BCUT2D eigenvalue weighted by Gasteiger charge is -2.11. The van der Waals surface area contributed by atoms with Crippen LogP contribution in [0.15, 0.2) is 36.9 Å². The second kappa shape index (κ2) is 5.36. The lowest BCUT2D eigenvalue weighted by molar-refractivity contribution is -0.147. The van der Waals surface area contributed by atoms with Gasteiger partial charge < -0.3 is 9.88 Å². The second-order valence-corrected chi connectivity index (χ2v) is 4.10. The lowest BCUT2D eigenvalue weighted by atomic mass is 10.3. The van der Waals surface area contributed by atoms with E-state index in [0.717, 1.165) is 4.57 Å². The van der Waals surface area contributed by atoms with Crippen LogP contribution in [-0.2, 0) is 17.5 Å². The Morgan fingerprint density at radius 1 is 1.40 bits per heavy atom. The van der Waals surface area contributed by atoms with E-state index in [4.69, 9.17) is 0 Å². The van der Waals surface area contributed by atoms with E-state index in [2.05, 4.69) is 16.9 Å². The molecule has 0 aliphatic rings. The quantitative estimate of drug-likeness (QED) is 0.876. The minimum atomic E-state index is -4.61. The molecule has 0 fully saturated rings. The summed E-state index contributed by atoms with van der Waals surface area (Å²) in [5, 5.41) is 2.44. The average Bonchev–Trinajstić information content (AvgIpc) is 2.75. The Morgan fingerprint density at radius 3 is 2.75 bits per heavy atom. The lowest BCUT2D eigenvalue weighted by Crippen LogP contribution is -2.29. The Bertz CT molecular complexity index is 646. The van der Waals surface area contributed by atoms with E-state index >= 15 is 0 Å². The van der Waals surface area contributed by atoms with Crippen molar-refractivity contribution in [2.24, 2.45) is 0 Å². The molecule has 1 aromatic heterocycles. The summed E-state index contributed by atoms with van der Waals surface area (Å²) in [6.45, 7) is 3.18. The number of hydrogen-bond acceptors (Lipinski definition) is 2. The fourth-order valence-corrected chi connectivity index (χ4v) is 1.84. The maximum Gasteiger partial charge on any atom is 0.449 e. The van der Waals surface area contributed by atoms with Gasteiger partial charge in [-0.1, -0.05) is 18.2 Å². The maximum atomic E-state index is 13.0. The van der Waals surface area contributed by atoms with Crippen molar-refractivity contribution in [3.63, 3.8) is 0 Å². The van der Waals surface area contributed by atoms with Gasteiger partial charge in [0.15, 0.2) is 0 Å². The Morgan fingerprint density at radius 2 is 2.10 bits per heavy atom. The SMILES string of the molecule is C=CCNC(=O)Cn1c(C(F)(F)F)nc2ccccc21. The topological polar surface area (TPSA) is 46.9 Å². The van der Waals surface area contributed by atoms with Crippen molar-refractivity contribution in [2.75, 3.05) is 6.54 Å². The van der Waals surface area contributed by atoms with E-state index in [-0.39, 0.29) is 17.6 Å². The monoisotopic (exact) mass is 283 g/mol. The van der Waals surface area contributed by atoms with Gasteiger partial charge in [0.25, 0.3) is 0 Å². The predicted molar refractivity (Wildman–Crippen MR) is 67.9 cm³/mol. The fourth-order valence-electron chi connectivity index (χ4n) is 1.84. The number of halogens is 3. The largest absolute Gasteiger partial charge is 0.449 e. The highest BCUT2D eigenvalue weighted by molar-refractivity contribution is 5.81. The van der Waals surface area contributed by atoms with Crippen LogP contribution >= 0.6 is 0 Å². The van der Waals surface area contributed by atoms with Crippen molar-refractivity contribution < 1.29 is 18.0 Å².